The highest BCUT2D eigenvalue weighted by Gasteiger charge is 2.25. The van der Waals surface area contributed by atoms with Crippen molar-refractivity contribution in [2.75, 3.05) is 26.2 Å². The summed E-state index contributed by atoms with van der Waals surface area (Å²) in [5.74, 6) is 0.112. The quantitative estimate of drug-likeness (QED) is 0.872. The zero-order valence-corrected chi connectivity index (χ0v) is 14.1. The Morgan fingerprint density at radius 2 is 1.95 bits per heavy atom. The molecule has 0 bridgehead atoms. The third-order valence-electron chi connectivity index (χ3n) is 4.12. The number of nitrogens with zero attached hydrogens (tertiary/aromatic N) is 1. The summed E-state index contributed by atoms with van der Waals surface area (Å²) in [6.07, 6.45) is 3.09. The Bertz CT molecular complexity index is 434. The molecule has 124 valence electrons. The number of halogens is 1. The largest absolute Gasteiger partial charge is 0.378 e. The fourth-order valence-corrected chi connectivity index (χ4v) is 2.64. The Balaban J connectivity index is 0.00000242. The summed E-state index contributed by atoms with van der Waals surface area (Å²) in [4.78, 5) is 14.0. The molecular weight excluding hydrogens is 300 g/mol. The van der Waals surface area contributed by atoms with Crippen LogP contribution in [0.1, 0.15) is 25.3 Å². The Morgan fingerprint density at radius 1 is 1.32 bits per heavy atom. The first-order chi connectivity index (χ1) is 10.2. The molecule has 0 aromatic heterocycles. The number of amides is 1. The summed E-state index contributed by atoms with van der Waals surface area (Å²) in [6, 6.07) is 10.4. The summed E-state index contributed by atoms with van der Waals surface area (Å²) in [5, 5.41) is 0. The van der Waals surface area contributed by atoms with Crippen molar-refractivity contribution in [3.8, 4) is 0 Å². The van der Waals surface area contributed by atoms with Gasteiger partial charge in [0.15, 0.2) is 0 Å². The molecule has 22 heavy (non-hydrogen) atoms. The minimum absolute atomic E-state index is 0. The summed E-state index contributed by atoms with van der Waals surface area (Å²) in [5.41, 5.74) is 6.86. The van der Waals surface area contributed by atoms with Gasteiger partial charge in [-0.05, 0) is 24.8 Å². The van der Waals surface area contributed by atoms with Gasteiger partial charge in [0.1, 0.15) is 0 Å². The van der Waals surface area contributed by atoms with Gasteiger partial charge in [0.25, 0.3) is 0 Å². The first-order valence-corrected chi connectivity index (χ1v) is 7.85. The van der Waals surface area contributed by atoms with Gasteiger partial charge in [-0.1, -0.05) is 37.3 Å². The van der Waals surface area contributed by atoms with Crippen molar-refractivity contribution in [3.05, 3.63) is 35.9 Å². The van der Waals surface area contributed by atoms with Crippen LogP contribution in [0.15, 0.2) is 30.3 Å². The number of nitrogens with two attached hydrogens (primary N) is 1. The lowest BCUT2D eigenvalue weighted by atomic mass is 10.0. The SMILES string of the molecule is CC(CN)C(=O)N1CCC(OCCc2ccccc2)CC1.Cl. The number of piperidine rings is 1. The Morgan fingerprint density at radius 3 is 2.55 bits per heavy atom. The molecular formula is C17H27ClN2O2. The molecule has 1 aromatic rings. The number of carbonyl (C=O) groups is 1. The molecule has 0 aliphatic carbocycles. The highest BCUT2D eigenvalue weighted by atomic mass is 35.5. The van der Waals surface area contributed by atoms with E-state index in [2.05, 4.69) is 24.3 Å². The van der Waals surface area contributed by atoms with Crippen molar-refractivity contribution in [3.63, 3.8) is 0 Å². The van der Waals surface area contributed by atoms with E-state index < -0.39 is 0 Å². The van der Waals surface area contributed by atoms with Gasteiger partial charge in [-0.25, -0.2) is 0 Å². The van der Waals surface area contributed by atoms with Crippen LogP contribution >= 0.6 is 12.4 Å². The normalized spacial score (nSPS) is 16.9. The van der Waals surface area contributed by atoms with Gasteiger partial charge in [0.05, 0.1) is 12.7 Å². The van der Waals surface area contributed by atoms with Crippen LogP contribution in [0.4, 0.5) is 0 Å². The van der Waals surface area contributed by atoms with Crippen LogP contribution in [-0.2, 0) is 16.0 Å². The van der Waals surface area contributed by atoms with Gasteiger partial charge in [-0.3, -0.25) is 4.79 Å². The molecule has 1 heterocycles. The number of likely N-dealkylation sites (tertiary alicyclic amines) is 1. The summed E-state index contributed by atoms with van der Waals surface area (Å²) < 4.78 is 5.94. The fraction of sp³-hybridized carbons (Fsp3) is 0.588. The lowest BCUT2D eigenvalue weighted by molar-refractivity contribution is -0.137. The standard InChI is InChI=1S/C17H26N2O2.ClH/c1-14(13-18)17(20)19-10-7-16(8-11-19)21-12-9-15-5-3-2-4-6-15;/h2-6,14,16H,7-13,18H2,1H3;1H. The Kier molecular flexibility index (Phi) is 8.46. The molecule has 2 rings (SSSR count). The molecule has 2 N–H and O–H groups in total. The van der Waals surface area contributed by atoms with Crippen LogP contribution in [0.25, 0.3) is 0 Å². The maximum Gasteiger partial charge on any atom is 0.226 e. The number of benzene rings is 1. The molecule has 1 fully saturated rings. The van der Waals surface area contributed by atoms with Crippen molar-refractivity contribution in [1.82, 2.24) is 4.90 Å². The highest BCUT2D eigenvalue weighted by molar-refractivity contribution is 5.85. The Labute approximate surface area is 139 Å². The van der Waals surface area contributed by atoms with Crippen molar-refractivity contribution >= 4 is 18.3 Å². The zero-order chi connectivity index (χ0) is 15.1. The summed E-state index contributed by atoms with van der Waals surface area (Å²) in [6.45, 7) is 4.65. The lowest BCUT2D eigenvalue weighted by Crippen LogP contribution is -2.44. The van der Waals surface area contributed by atoms with Gasteiger partial charge in [0, 0.05) is 25.6 Å². The van der Waals surface area contributed by atoms with E-state index in [0.29, 0.717) is 6.54 Å². The van der Waals surface area contributed by atoms with Crippen LogP contribution in [-0.4, -0.2) is 43.2 Å². The molecule has 5 heteroatoms. The molecule has 1 atom stereocenters. The average molecular weight is 327 g/mol. The van der Waals surface area contributed by atoms with E-state index in [1.54, 1.807) is 0 Å². The second kappa shape index (κ2) is 9.82. The predicted molar refractivity (Wildman–Crippen MR) is 91.2 cm³/mol. The minimum Gasteiger partial charge on any atom is -0.378 e. The zero-order valence-electron chi connectivity index (χ0n) is 13.2. The topological polar surface area (TPSA) is 55.6 Å². The summed E-state index contributed by atoms with van der Waals surface area (Å²) >= 11 is 0. The van der Waals surface area contributed by atoms with Crippen molar-refractivity contribution in [1.29, 1.82) is 0 Å². The molecule has 1 aromatic carbocycles. The van der Waals surface area contributed by atoms with E-state index in [9.17, 15) is 4.79 Å². The third kappa shape index (κ3) is 5.59. The van der Waals surface area contributed by atoms with Crippen LogP contribution < -0.4 is 5.73 Å². The monoisotopic (exact) mass is 326 g/mol. The molecule has 1 aliphatic rings. The van der Waals surface area contributed by atoms with Crippen molar-refractivity contribution in [2.24, 2.45) is 11.7 Å². The molecule has 0 spiro atoms. The van der Waals surface area contributed by atoms with Gasteiger partial charge in [-0.15, -0.1) is 12.4 Å². The Hall–Kier alpha value is -1.10. The van der Waals surface area contributed by atoms with E-state index in [-0.39, 0.29) is 30.3 Å². The van der Waals surface area contributed by atoms with Crippen LogP contribution in [0, 0.1) is 5.92 Å². The van der Waals surface area contributed by atoms with Crippen molar-refractivity contribution in [2.45, 2.75) is 32.3 Å². The van der Waals surface area contributed by atoms with E-state index in [1.165, 1.54) is 5.56 Å². The summed E-state index contributed by atoms with van der Waals surface area (Å²) in [7, 11) is 0. The van der Waals surface area contributed by atoms with Crippen LogP contribution in [0.5, 0.6) is 0 Å². The number of hydrogen-bond donors (Lipinski definition) is 1. The third-order valence-corrected chi connectivity index (χ3v) is 4.12. The molecule has 1 aliphatic heterocycles. The first kappa shape index (κ1) is 18.9. The van der Waals surface area contributed by atoms with Crippen LogP contribution in [0.2, 0.25) is 0 Å². The van der Waals surface area contributed by atoms with E-state index in [1.807, 2.05) is 17.9 Å². The minimum atomic E-state index is -0.0689. The maximum atomic E-state index is 12.0. The molecule has 0 radical (unpaired) electrons. The second-order valence-electron chi connectivity index (χ2n) is 5.77. The van der Waals surface area contributed by atoms with Crippen molar-refractivity contribution < 1.29 is 9.53 Å². The second-order valence-corrected chi connectivity index (χ2v) is 5.77. The van der Waals surface area contributed by atoms with E-state index in [4.69, 9.17) is 10.5 Å². The number of hydrogen-bond acceptors (Lipinski definition) is 3. The lowest BCUT2D eigenvalue weighted by Gasteiger charge is -2.33. The number of carbonyl (C=O) groups excluding carboxylic acids is 1. The number of ether oxygens (including phenoxy) is 1. The van der Waals surface area contributed by atoms with Gasteiger partial charge >= 0.3 is 0 Å². The smallest absolute Gasteiger partial charge is 0.226 e. The molecule has 1 amide bonds. The molecule has 4 nitrogen and oxygen atoms in total. The number of rotatable bonds is 6. The maximum absolute atomic E-state index is 12.0. The van der Waals surface area contributed by atoms with E-state index in [0.717, 1.165) is 39.0 Å². The molecule has 0 saturated carbocycles. The first-order valence-electron chi connectivity index (χ1n) is 7.85. The van der Waals surface area contributed by atoms with Gasteiger partial charge in [-0.2, -0.15) is 0 Å². The molecule has 1 saturated heterocycles. The average Bonchev–Trinajstić information content (AvgIpc) is 2.55. The van der Waals surface area contributed by atoms with Gasteiger partial charge in [0.2, 0.25) is 5.91 Å². The fourth-order valence-electron chi connectivity index (χ4n) is 2.64. The van der Waals surface area contributed by atoms with Gasteiger partial charge < -0.3 is 15.4 Å². The van der Waals surface area contributed by atoms with E-state index >= 15 is 0 Å². The molecule has 1 unspecified atom stereocenters. The highest BCUT2D eigenvalue weighted by Crippen LogP contribution is 2.16. The predicted octanol–water partition coefficient (Wildman–Crippen LogP) is 2.25. The van der Waals surface area contributed by atoms with Crippen LogP contribution in [0.3, 0.4) is 0 Å².